The molecule has 2 aromatic carbocycles. The highest BCUT2D eigenvalue weighted by Gasteiger charge is 2.12. The van der Waals surface area contributed by atoms with Crippen LogP contribution < -0.4 is 5.32 Å². The number of halogens is 2. The van der Waals surface area contributed by atoms with Crippen molar-refractivity contribution < 1.29 is 4.39 Å². The van der Waals surface area contributed by atoms with Crippen LogP contribution in [0, 0.1) is 17.1 Å². The largest absolute Gasteiger partial charge is 0.351 e. The minimum atomic E-state index is -0.466. The van der Waals surface area contributed by atoms with Crippen LogP contribution in [0.3, 0.4) is 0 Å². The van der Waals surface area contributed by atoms with Gasteiger partial charge in [0.15, 0.2) is 0 Å². The summed E-state index contributed by atoms with van der Waals surface area (Å²) in [5.74, 6) is -0.466. The summed E-state index contributed by atoms with van der Waals surface area (Å²) in [7, 11) is 0. The molecule has 0 spiro atoms. The van der Waals surface area contributed by atoms with Crippen LogP contribution in [-0.4, -0.2) is 8.75 Å². The number of nitrogens with zero attached hydrogens (tertiary/aromatic N) is 3. The molecule has 4 nitrogen and oxygen atoms in total. The first-order valence-corrected chi connectivity index (χ1v) is 6.67. The summed E-state index contributed by atoms with van der Waals surface area (Å²) in [6.45, 7) is 0. The molecular weight excluding hydrogens is 299 g/mol. The Morgan fingerprint density at radius 2 is 2.10 bits per heavy atom. The number of hydrogen-bond acceptors (Lipinski definition) is 5. The van der Waals surface area contributed by atoms with E-state index in [2.05, 4.69) is 14.1 Å². The van der Waals surface area contributed by atoms with Gasteiger partial charge in [-0.2, -0.15) is 14.0 Å². The monoisotopic (exact) mass is 304 g/mol. The van der Waals surface area contributed by atoms with Crippen LogP contribution in [0.5, 0.6) is 0 Å². The quantitative estimate of drug-likeness (QED) is 0.774. The van der Waals surface area contributed by atoms with Crippen molar-refractivity contribution >= 4 is 45.7 Å². The van der Waals surface area contributed by atoms with Gasteiger partial charge in [0, 0.05) is 0 Å². The number of anilines is 2. The molecule has 0 unspecified atom stereocenters. The molecule has 1 N–H and O–H groups in total. The van der Waals surface area contributed by atoms with E-state index in [9.17, 15) is 4.39 Å². The molecule has 0 aliphatic heterocycles. The first kappa shape index (κ1) is 12.8. The van der Waals surface area contributed by atoms with E-state index in [4.69, 9.17) is 16.9 Å². The smallest absolute Gasteiger partial charge is 0.129 e. The third-order valence-corrected chi connectivity index (χ3v) is 3.60. The van der Waals surface area contributed by atoms with Gasteiger partial charge in [0.1, 0.15) is 22.9 Å². The molecule has 0 saturated heterocycles. The summed E-state index contributed by atoms with van der Waals surface area (Å²) in [5.41, 5.74) is 2.55. The number of nitrogens with one attached hydrogen (secondary N) is 1. The molecule has 0 radical (unpaired) electrons. The van der Waals surface area contributed by atoms with Crippen LogP contribution in [-0.2, 0) is 0 Å². The fourth-order valence-corrected chi connectivity index (χ4v) is 2.54. The van der Waals surface area contributed by atoms with Gasteiger partial charge in [-0.1, -0.05) is 11.6 Å². The molecule has 1 heterocycles. The van der Waals surface area contributed by atoms with Crippen molar-refractivity contribution in [3.05, 3.63) is 46.7 Å². The van der Waals surface area contributed by atoms with Crippen molar-refractivity contribution in [2.24, 2.45) is 0 Å². The Morgan fingerprint density at radius 1 is 1.25 bits per heavy atom. The number of rotatable bonds is 2. The lowest BCUT2D eigenvalue weighted by Crippen LogP contribution is -1.96. The van der Waals surface area contributed by atoms with Crippen molar-refractivity contribution in [3.63, 3.8) is 0 Å². The van der Waals surface area contributed by atoms with Crippen molar-refractivity contribution in [2.45, 2.75) is 0 Å². The van der Waals surface area contributed by atoms with E-state index >= 15 is 0 Å². The van der Waals surface area contributed by atoms with Crippen molar-refractivity contribution in [1.29, 1.82) is 5.26 Å². The molecule has 3 aromatic rings. The van der Waals surface area contributed by atoms with Crippen LogP contribution in [0.2, 0.25) is 5.02 Å². The van der Waals surface area contributed by atoms with E-state index in [1.165, 1.54) is 12.1 Å². The number of fused-ring (bicyclic) bond motifs is 1. The highest BCUT2D eigenvalue weighted by Crippen LogP contribution is 2.33. The molecule has 0 aliphatic carbocycles. The van der Waals surface area contributed by atoms with Gasteiger partial charge in [-0.05, 0) is 30.3 Å². The summed E-state index contributed by atoms with van der Waals surface area (Å²) in [6.07, 6.45) is 0. The molecule has 0 aliphatic rings. The molecule has 1 aromatic heterocycles. The van der Waals surface area contributed by atoms with Gasteiger partial charge in [-0.3, -0.25) is 0 Å². The van der Waals surface area contributed by atoms with E-state index in [-0.39, 0.29) is 5.56 Å². The van der Waals surface area contributed by atoms with Crippen LogP contribution in [0.25, 0.3) is 11.0 Å². The Kier molecular flexibility index (Phi) is 3.22. The van der Waals surface area contributed by atoms with Gasteiger partial charge < -0.3 is 5.32 Å². The Balaban J connectivity index is 2.12. The third-order valence-electron chi connectivity index (χ3n) is 2.74. The minimum absolute atomic E-state index is 0.196. The lowest BCUT2D eigenvalue weighted by atomic mass is 10.1. The maximum atomic E-state index is 13.1. The summed E-state index contributed by atoms with van der Waals surface area (Å²) < 4.78 is 21.4. The number of benzene rings is 2. The van der Waals surface area contributed by atoms with Crippen molar-refractivity contribution in [1.82, 2.24) is 8.75 Å². The van der Waals surface area contributed by atoms with E-state index in [1.54, 1.807) is 12.1 Å². The Morgan fingerprint density at radius 3 is 2.90 bits per heavy atom. The zero-order valence-corrected chi connectivity index (χ0v) is 11.5. The predicted molar refractivity (Wildman–Crippen MR) is 76.8 cm³/mol. The summed E-state index contributed by atoms with van der Waals surface area (Å²) in [6, 6.07) is 9.33. The van der Waals surface area contributed by atoms with Crippen LogP contribution in [0.1, 0.15) is 5.56 Å². The van der Waals surface area contributed by atoms with E-state index in [1.807, 2.05) is 6.07 Å². The van der Waals surface area contributed by atoms with Gasteiger partial charge in [0.2, 0.25) is 0 Å². The number of nitriles is 1. The van der Waals surface area contributed by atoms with Crippen LogP contribution in [0.4, 0.5) is 15.8 Å². The topological polar surface area (TPSA) is 61.6 Å². The molecule has 0 bridgehead atoms. The summed E-state index contributed by atoms with van der Waals surface area (Å²) in [5, 5.41) is 12.5. The molecule has 7 heteroatoms. The molecule has 0 fully saturated rings. The van der Waals surface area contributed by atoms with E-state index in [0.29, 0.717) is 27.4 Å². The molecule has 0 amide bonds. The second-order valence-electron chi connectivity index (χ2n) is 3.98. The first-order valence-electron chi connectivity index (χ1n) is 5.56. The zero-order chi connectivity index (χ0) is 14.1. The Hall–Kier alpha value is -2.23. The second kappa shape index (κ2) is 5.04. The van der Waals surface area contributed by atoms with Gasteiger partial charge in [-0.25, -0.2) is 4.39 Å². The molecular formula is C13H6ClFN4S. The maximum Gasteiger partial charge on any atom is 0.129 e. The lowest BCUT2D eigenvalue weighted by molar-refractivity contribution is 0.627. The predicted octanol–water partition coefficient (Wildman–Crippen LogP) is 4.10. The van der Waals surface area contributed by atoms with E-state index < -0.39 is 5.82 Å². The molecule has 20 heavy (non-hydrogen) atoms. The number of hydrogen-bond donors (Lipinski definition) is 1. The standard InChI is InChI=1S/C13H6ClFN4S/c14-9-2-4-11-13(19-20-18-11)12(9)17-10-3-1-8(15)5-7(10)6-16/h1-5,17H. The molecule has 0 atom stereocenters. The van der Waals surface area contributed by atoms with Gasteiger partial charge in [0.25, 0.3) is 0 Å². The van der Waals surface area contributed by atoms with Crippen LogP contribution >= 0.6 is 23.3 Å². The molecule has 98 valence electrons. The first-order chi connectivity index (χ1) is 9.69. The Bertz CT molecular complexity index is 840. The fraction of sp³-hybridized carbons (Fsp3) is 0. The number of aromatic nitrogens is 2. The fourth-order valence-electron chi connectivity index (χ4n) is 1.80. The Labute approximate surface area is 122 Å². The molecule has 3 rings (SSSR count). The highest BCUT2D eigenvalue weighted by molar-refractivity contribution is 7.00. The van der Waals surface area contributed by atoms with Gasteiger partial charge in [-0.15, -0.1) is 0 Å². The maximum absolute atomic E-state index is 13.1. The minimum Gasteiger partial charge on any atom is -0.351 e. The average Bonchev–Trinajstić information content (AvgIpc) is 2.92. The summed E-state index contributed by atoms with van der Waals surface area (Å²) in [4.78, 5) is 0. The molecule has 0 saturated carbocycles. The zero-order valence-electron chi connectivity index (χ0n) is 9.89. The van der Waals surface area contributed by atoms with Gasteiger partial charge in [0.05, 0.1) is 33.7 Å². The second-order valence-corrected chi connectivity index (χ2v) is 4.92. The normalized spacial score (nSPS) is 10.4. The lowest BCUT2D eigenvalue weighted by Gasteiger charge is -2.10. The van der Waals surface area contributed by atoms with Crippen molar-refractivity contribution in [2.75, 3.05) is 5.32 Å². The third kappa shape index (κ3) is 2.18. The summed E-state index contributed by atoms with van der Waals surface area (Å²) >= 11 is 7.23. The van der Waals surface area contributed by atoms with E-state index in [0.717, 1.165) is 17.8 Å². The average molecular weight is 305 g/mol. The van der Waals surface area contributed by atoms with Gasteiger partial charge >= 0.3 is 0 Å². The van der Waals surface area contributed by atoms with Crippen LogP contribution in [0.15, 0.2) is 30.3 Å². The van der Waals surface area contributed by atoms with Crippen molar-refractivity contribution in [3.8, 4) is 6.07 Å². The SMILES string of the molecule is N#Cc1cc(F)ccc1Nc1c(Cl)ccc2nsnc12. The highest BCUT2D eigenvalue weighted by atomic mass is 35.5.